The van der Waals surface area contributed by atoms with Crippen LogP contribution in [0.2, 0.25) is 5.02 Å². The molecule has 0 aliphatic carbocycles. The molecule has 1 unspecified atom stereocenters. The van der Waals surface area contributed by atoms with E-state index in [-0.39, 0.29) is 35.7 Å². The van der Waals surface area contributed by atoms with Gasteiger partial charge in [-0.1, -0.05) is 17.7 Å². The van der Waals surface area contributed by atoms with E-state index >= 15 is 0 Å². The SMILES string of the molecule is CN=C(NCC(C)Oc1cccc(Cl)c1)NCC(C)(C)OC.I. The predicted molar refractivity (Wildman–Crippen MR) is 107 cm³/mol. The maximum atomic E-state index is 5.94. The predicted octanol–water partition coefficient (Wildman–Crippen LogP) is 3.32. The molecule has 0 amide bonds. The molecule has 0 bridgehead atoms. The fourth-order valence-electron chi connectivity index (χ4n) is 1.64. The van der Waals surface area contributed by atoms with Crippen molar-refractivity contribution >= 4 is 41.5 Å². The molecule has 7 heteroatoms. The summed E-state index contributed by atoms with van der Waals surface area (Å²) in [6, 6.07) is 7.37. The van der Waals surface area contributed by atoms with Gasteiger partial charge in [0.2, 0.25) is 0 Å². The zero-order chi connectivity index (χ0) is 16.6. The third kappa shape index (κ3) is 9.22. The van der Waals surface area contributed by atoms with Crippen LogP contribution in [0.15, 0.2) is 29.3 Å². The Labute approximate surface area is 161 Å². The first-order valence-electron chi connectivity index (χ1n) is 7.28. The molecule has 0 aliphatic heterocycles. The lowest BCUT2D eigenvalue weighted by Crippen LogP contribution is -2.47. The summed E-state index contributed by atoms with van der Waals surface area (Å²) >= 11 is 5.94. The molecule has 0 aliphatic rings. The van der Waals surface area contributed by atoms with Crippen LogP contribution in [0.25, 0.3) is 0 Å². The summed E-state index contributed by atoms with van der Waals surface area (Å²) in [5.41, 5.74) is -0.249. The highest BCUT2D eigenvalue weighted by atomic mass is 127. The number of benzene rings is 1. The standard InChI is InChI=1S/C16H26ClN3O2.HI/c1-12(22-14-8-6-7-13(17)9-14)10-19-15(18-4)20-11-16(2,3)21-5;/h6-9,12H,10-11H2,1-5H3,(H2,18,19,20);1H. The van der Waals surface area contributed by atoms with Crippen molar-refractivity contribution in [3.63, 3.8) is 0 Å². The lowest BCUT2D eigenvalue weighted by Gasteiger charge is -2.25. The van der Waals surface area contributed by atoms with Gasteiger partial charge in [0.25, 0.3) is 0 Å². The van der Waals surface area contributed by atoms with Crippen molar-refractivity contribution < 1.29 is 9.47 Å². The lowest BCUT2D eigenvalue weighted by molar-refractivity contribution is 0.0268. The molecule has 0 fully saturated rings. The van der Waals surface area contributed by atoms with Gasteiger partial charge in [-0.15, -0.1) is 24.0 Å². The number of hydrogen-bond acceptors (Lipinski definition) is 3. The van der Waals surface area contributed by atoms with Gasteiger partial charge in [-0.2, -0.15) is 0 Å². The number of halogens is 2. The molecular weight excluding hydrogens is 429 g/mol. The Kier molecular flexibility index (Phi) is 10.6. The van der Waals surface area contributed by atoms with Crippen LogP contribution in [0.5, 0.6) is 5.75 Å². The van der Waals surface area contributed by atoms with Crippen LogP contribution < -0.4 is 15.4 Å². The van der Waals surface area contributed by atoms with Gasteiger partial charge in [0.1, 0.15) is 11.9 Å². The Bertz CT molecular complexity index is 498. The van der Waals surface area contributed by atoms with Crippen molar-refractivity contribution in [2.75, 3.05) is 27.2 Å². The van der Waals surface area contributed by atoms with Crippen LogP contribution in [0.4, 0.5) is 0 Å². The Morgan fingerprint density at radius 2 is 2.04 bits per heavy atom. The summed E-state index contributed by atoms with van der Waals surface area (Å²) in [5.74, 6) is 1.47. The quantitative estimate of drug-likeness (QED) is 0.376. The van der Waals surface area contributed by atoms with Crippen molar-refractivity contribution in [2.45, 2.75) is 32.5 Å². The number of guanidine groups is 1. The molecular formula is C16H27ClIN3O2. The average molecular weight is 456 g/mol. The topological polar surface area (TPSA) is 54.9 Å². The largest absolute Gasteiger partial charge is 0.489 e. The number of nitrogens with zero attached hydrogens (tertiary/aromatic N) is 1. The second-order valence-corrected chi connectivity index (χ2v) is 6.09. The minimum atomic E-state index is -0.249. The first kappa shape index (κ1) is 22.3. The van der Waals surface area contributed by atoms with Gasteiger partial charge in [0.05, 0.1) is 12.1 Å². The summed E-state index contributed by atoms with van der Waals surface area (Å²) in [6.45, 7) is 7.29. The molecule has 1 aromatic carbocycles. The monoisotopic (exact) mass is 455 g/mol. The van der Waals surface area contributed by atoms with E-state index in [9.17, 15) is 0 Å². The zero-order valence-corrected chi connectivity index (χ0v) is 17.4. The molecule has 1 aromatic rings. The van der Waals surface area contributed by atoms with Crippen LogP contribution in [-0.2, 0) is 4.74 Å². The number of hydrogen-bond donors (Lipinski definition) is 2. The highest BCUT2D eigenvalue weighted by Gasteiger charge is 2.16. The Balaban J connectivity index is 0.00000484. The van der Waals surface area contributed by atoms with Crippen LogP contribution in [-0.4, -0.2) is 44.9 Å². The van der Waals surface area contributed by atoms with Crippen molar-refractivity contribution in [1.29, 1.82) is 0 Å². The number of methoxy groups -OCH3 is 1. The van der Waals surface area contributed by atoms with Crippen LogP contribution in [0, 0.1) is 0 Å². The van der Waals surface area contributed by atoms with Crippen molar-refractivity contribution in [2.24, 2.45) is 4.99 Å². The molecule has 0 saturated carbocycles. The van der Waals surface area contributed by atoms with Gasteiger partial charge in [-0.25, -0.2) is 0 Å². The third-order valence-corrected chi connectivity index (χ3v) is 3.38. The summed E-state index contributed by atoms with van der Waals surface area (Å²) < 4.78 is 11.2. The van der Waals surface area contributed by atoms with Gasteiger partial charge < -0.3 is 20.1 Å². The molecule has 132 valence electrons. The van der Waals surface area contributed by atoms with Crippen molar-refractivity contribution in [3.8, 4) is 5.75 Å². The highest BCUT2D eigenvalue weighted by Crippen LogP contribution is 2.18. The fourth-order valence-corrected chi connectivity index (χ4v) is 1.82. The maximum absolute atomic E-state index is 5.94. The smallest absolute Gasteiger partial charge is 0.191 e. The van der Waals surface area contributed by atoms with Crippen LogP contribution >= 0.6 is 35.6 Å². The molecule has 5 nitrogen and oxygen atoms in total. The molecule has 23 heavy (non-hydrogen) atoms. The number of ether oxygens (including phenoxy) is 2. The van der Waals surface area contributed by atoms with Crippen molar-refractivity contribution in [1.82, 2.24) is 10.6 Å². The molecule has 0 heterocycles. The molecule has 0 radical (unpaired) electrons. The normalized spacial score (nSPS) is 13.0. The Hall–Kier alpha value is -0.730. The second-order valence-electron chi connectivity index (χ2n) is 5.66. The van der Waals surface area contributed by atoms with Gasteiger partial charge in [0, 0.05) is 25.7 Å². The van der Waals surface area contributed by atoms with Gasteiger partial charge >= 0.3 is 0 Å². The average Bonchev–Trinajstić information content (AvgIpc) is 2.47. The number of nitrogens with one attached hydrogen (secondary N) is 2. The van der Waals surface area contributed by atoms with Crippen LogP contribution in [0.1, 0.15) is 20.8 Å². The van der Waals surface area contributed by atoms with Crippen LogP contribution in [0.3, 0.4) is 0 Å². The lowest BCUT2D eigenvalue weighted by atomic mass is 10.1. The first-order valence-corrected chi connectivity index (χ1v) is 7.66. The van der Waals surface area contributed by atoms with E-state index < -0.39 is 0 Å². The number of rotatable bonds is 7. The molecule has 0 spiro atoms. The highest BCUT2D eigenvalue weighted by molar-refractivity contribution is 14.0. The van der Waals surface area contributed by atoms with E-state index in [1.165, 1.54) is 0 Å². The van der Waals surface area contributed by atoms with Gasteiger partial charge in [-0.05, 0) is 39.0 Å². The Morgan fingerprint density at radius 3 is 2.61 bits per heavy atom. The summed E-state index contributed by atoms with van der Waals surface area (Å²) in [4.78, 5) is 4.18. The number of aliphatic imine (C=N–C) groups is 1. The first-order chi connectivity index (χ1) is 10.4. The molecule has 0 saturated heterocycles. The van der Waals surface area contributed by atoms with E-state index in [0.717, 1.165) is 5.75 Å². The van der Waals surface area contributed by atoms with Gasteiger partial charge in [0.15, 0.2) is 5.96 Å². The zero-order valence-electron chi connectivity index (χ0n) is 14.4. The van der Waals surface area contributed by atoms with Gasteiger partial charge in [-0.3, -0.25) is 4.99 Å². The fraction of sp³-hybridized carbons (Fsp3) is 0.562. The van der Waals surface area contributed by atoms with E-state index in [2.05, 4.69) is 15.6 Å². The minimum absolute atomic E-state index is 0. The van der Waals surface area contributed by atoms with E-state index in [1.54, 1.807) is 20.2 Å². The summed E-state index contributed by atoms with van der Waals surface area (Å²) in [6.07, 6.45) is -0.0209. The Morgan fingerprint density at radius 1 is 1.35 bits per heavy atom. The minimum Gasteiger partial charge on any atom is -0.489 e. The summed E-state index contributed by atoms with van der Waals surface area (Å²) in [7, 11) is 3.43. The second kappa shape index (κ2) is 10.9. The molecule has 0 aromatic heterocycles. The third-order valence-electron chi connectivity index (χ3n) is 3.15. The molecule has 2 N–H and O–H groups in total. The summed E-state index contributed by atoms with van der Waals surface area (Å²) in [5, 5.41) is 7.12. The van der Waals surface area contributed by atoms with E-state index in [1.807, 2.05) is 39.0 Å². The molecule has 1 atom stereocenters. The van der Waals surface area contributed by atoms with E-state index in [0.29, 0.717) is 24.1 Å². The van der Waals surface area contributed by atoms with E-state index in [4.69, 9.17) is 21.1 Å². The van der Waals surface area contributed by atoms with Crippen molar-refractivity contribution in [3.05, 3.63) is 29.3 Å². The maximum Gasteiger partial charge on any atom is 0.191 e. The molecule has 1 rings (SSSR count).